The van der Waals surface area contributed by atoms with Gasteiger partial charge in [0.05, 0.1) is 4.08 Å². The van der Waals surface area contributed by atoms with Crippen LogP contribution < -0.4 is 0 Å². The molecule has 0 N–H and O–H groups in total. The predicted octanol–water partition coefficient (Wildman–Crippen LogP) is 4.32. The SMILES string of the molecule is CCC1(C)Sc2ccc(C)cc2S1. The third kappa shape index (κ3) is 1.75. The van der Waals surface area contributed by atoms with Crippen molar-refractivity contribution in [2.45, 2.75) is 41.1 Å². The summed E-state index contributed by atoms with van der Waals surface area (Å²) in [6, 6.07) is 6.75. The van der Waals surface area contributed by atoms with Gasteiger partial charge >= 0.3 is 0 Å². The van der Waals surface area contributed by atoms with Crippen molar-refractivity contribution in [1.82, 2.24) is 0 Å². The van der Waals surface area contributed by atoms with Gasteiger partial charge in [-0.15, -0.1) is 23.5 Å². The van der Waals surface area contributed by atoms with Gasteiger partial charge in [-0.25, -0.2) is 0 Å². The largest absolute Gasteiger partial charge is 0.107 e. The first kappa shape index (κ1) is 9.47. The molecule has 1 aromatic rings. The maximum Gasteiger partial charge on any atom is 0.0675 e. The molecule has 0 saturated heterocycles. The summed E-state index contributed by atoms with van der Waals surface area (Å²) in [5.41, 5.74) is 1.37. The molecule has 1 aliphatic heterocycles. The lowest BCUT2D eigenvalue weighted by Gasteiger charge is -2.18. The summed E-state index contributed by atoms with van der Waals surface area (Å²) in [7, 11) is 0. The van der Waals surface area contributed by atoms with Crippen molar-refractivity contribution >= 4 is 23.5 Å². The van der Waals surface area contributed by atoms with Crippen LogP contribution in [0.2, 0.25) is 0 Å². The quantitative estimate of drug-likeness (QED) is 0.677. The first-order valence-corrected chi connectivity index (χ1v) is 6.25. The molecule has 0 aromatic heterocycles. The van der Waals surface area contributed by atoms with Gasteiger partial charge < -0.3 is 0 Å². The number of benzene rings is 1. The number of hydrogen-bond acceptors (Lipinski definition) is 2. The zero-order chi connectivity index (χ0) is 9.47. The van der Waals surface area contributed by atoms with Gasteiger partial charge in [-0.2, -0.15) is 0 Å². The van der Waals surface area contributed by atoms with Crippen molar-refractivity contribution in [2.24, 2.45) is 0 Å². The van der Waals surface area contributed by atoms with E-state index in [4.69, 9.17) is 0 Å². The van der Waals surface area contributed by atoms with Crippen LogP contribution in [0, 0.1) is 6.92 Å². The van der Waals surface area contributed by atoms with E-state index in [1.54, 1.807) is 0 Å². The summed E-state index contributed by atoms with van der Waals surface area (Å²) in [5.74, 6) is 0. The highest BCUT2D eigenvalue weighted by molar-refractivity contribution is 8.20. The second kappa shape index (κ2) is 3.25. The van der Waals surface area contributed by atoms with E-state index in [2.05, 4.69) is 39.0 Å². The van der Waals surface area contributed by atoms with E-state index in [1.807, 2.05) is 23.5 Å². The molecular weight excluding hydrogens is 196 g/mol. The third-order valence-electron chi connectivity index (χ3n) is 2.39. The molecule has 0 amide bonds. The molecule has 0 aliphatic carbocycles. The van der Waals surface area contributed by atoms with Crippen LogP contribution >= 0.6 is 23.5 Å². The molecule has 2 rings (SSSR count). The minimum absolute atomic E-state index is 0.371. The maximum atomic E-state index is 2.33. The Morgan fingerprint density at radius 3 is 2.62 bits per heavy atom. The second-order valence-electron chi connectivity index (χ2n) is 3.64. The van der Waals surface area contributed by atoms with Gasteiger partial charge in [-0.1, -0.05) is 13.0 Å². The van der Waals surface area contributed by atoms with E-state index in [-0.39, 0.29) is 0 Å². The molecule has 2 heteroatoms. The molecule has 1 atom stereocenters. The highest BCUT2D eigenvalue weighted by Crippen LogP contribution is 2.56. The summed E-state index contributed by atoms with van der Waals surface area (Å²) in [6.07, 6.45) is 1.22. The van der Waals surface area contributed by atoms with Gasteiger partial charge in [0, 0.05) is 9.79 Å². The first-order valence-electron chi connectivity index (χ1n) is 4.62. The molecule has 1 aromatic carbocycles. The Kier molecular flexibility index (Phi) is 2.37. The smallest absolute Gasteiger partial charge is 0.0675 e. The molecule has 0 fully saturated rings. The lowest BCUT2D eigenvalue weighted by molar-refractivity contribution is 0.853. The van der Waals surface area contributed by atoms with E-state index in [1.165, 1.54) is 21.8 Å². The van der Waals surface area contributed by atoms with Crippen LogP contribution in [0.3, 0.4) is 0 Å². The number of hydrogen-bond donors (Lipinski definition) is 0. The van der Waals surface area contributed by atoms with Crippen LogP contribution in [0.1, 0.15) is 25.8 Å². The van der Waals surface area contributed by atoms with E-state index in [9.17, 15) is 0 Å². The molecule has 1 heterocycles. The number of fused-ring (bicyclic) bond motifs is 1. The summed E-state index contributed by atoms with van der Waals surface area (Å²) in [4.78, 5) is 2.93. The molecule has 1 unspecified atom stereocenters. The monoisotopic (exact) mass is 210 g/mol. The molecule has 0 bridgehead atoms. The summed E-state index contributed by atoms with van der Waals surface area (Å²) in [6.45, 7) is 6.75. The Balaban J connectivity index is 2.35. The van der Waals surface area contributed by atoms with Crippen LogP contribution in [0.4, 0.5) is 0 Å². The number of rotatable bonds is 1. The normalized spacial score (nSPS) is 26.1. The fourth-order valence-electron chi connectivity index (χ4n) is 1.41. The van der Waals surface area contributed by atoms with Crippen LogP contribution in [-0.2, 0) is 0 Å². The van der Waals surface area contributed by atoms with Crippen molar-refractivity contribution in [1.29, 1.82) is 0 Å². The van der Waals surface area contributed by atoms with Crippen LogP contribution in [0.25, 0.3) is 0 Å². The summed E-state index contributed by atoms with van der Waals surface area (Å²) in [5, 5.41) is 0. The first-order chi connectivity index (χ1) is 6.13. The Bertz CT molecular complexity index is 333. The Morgan fingerprint density at radius 1 is 1.23 bits per heavy atom. The molecule has 0 radical (unpaired) electrons. The fourth-order valence-corrected chi connectivity index (χ4v) is 4.29. The van der Waals surface area contributed by atoms with Crippen LogP contribution in [0.15, 0.2) is 28.0 Å². The van der Waals surface area contributed by atoms with Gasteiger partial charge in [-0.3, -0.25) is 0 Å². The van der Waals surface area contributed by atoms with Crippen molar-refractivity contribution < 1.29 is 0 Å². The average molecular weight is 210 g/mol. The van der Waals surface area contributed by atoms with Crippen molar-refractivity contribution in [2.75, 3.05) is 0 Å². The maximum absolute atomic E-state index is 2.33. The van der Waals surface area contributed by atoms with Crippen molar-refractivity contribution in [3.8, 4) is 0 Å². The van der Waals surface area contributed by atoms with E-state index in [0.717, 1.165) is 0 Å². The minimum Gasteiger partial charge on any atom is -0.107 e. The third-order valence-corrected chi connectivity index (χ3v) is 5.60. The number of thioether (sulfide) groups is 2. The molecule has 0 nitrogen and oxygen atoms in total. The highest BCUT2D eigenvalue weighted by Gasteiger charge is 2.32. The molecule has 0 saturated carbocycles. The Labute approximate surface area is 88.5 Å². The predicted molar refractivity (Wildman–Crippen MR) is 61.6 cm³/mol. The minimum atomic E-state index is 0.371. The van der Waals surface area contributed by atoms with E-state index < -0.39 is 0 Å². The van der Waals surface area contributed by atoms with Crippen LogP contribution in [0.5, 0.6) is 0 Å². The van der Waals surface area contributed by atoms with Crippen LogP contribution in [-0.4, -0.2) is 4.08 Å². The second-order valence-corrected chi connectivity index (χ2v) is 6.99. The standard InChI is InChI=1S/C11H14S2/c1-4-11(3)12-9-6-5-8(2)7-10(9)13-11/h5-7H,4H2,1-3H3. The lowest BCUT2D eigenvalue weighted by Crippen LogP contribution is -2.07. The Hall–Kier alpha value is -0.0800. The van der Waals surface area contributed by atoms with Crippen molar-refractivity contribution in [3.63, 3.8) is 0 Å². The molecular formula is C11H14S2. The zero-order valence-electron chi connectivity index (χ0n) is 8.26. The lowest BCUT2D eigenvalue weighted by atomic mass is 10.2. The number of aryl methyl sites for hydroxylation is 1. The summed E-state index contributed by atoms with van der Waals surface area (Å²) < 4.78 is 0.371. The van der Waals surface area contributed by atoms with Gasteiger partial charge in [-0.05, 0) is 38.0 Å². The van der Waals surface area contributed by atoms with E-state index in [0.29, 0.717) is 4.08 Å². The van der Waals surface area contributed by atoms with Gasteiger partial charge in [0.1, 0.15) is 0 Å². The molecule has 70 valence electrons. The molecule has 0 spiro atoms. The summed E-state index contributed by atoms with van der Waals surface area (Å²) >= 11 is 4.03. The highest BCUT2D eigenvalue weighted by atomic mass is 32.2. The fraction of sp³-hybridized carbons (Fsp3) is 0.455. The molecule has 13 heavy (non-hydrogen) atoms. The topological polar surface area (TPSA) is 0 Å². The van der Waals surface area contributed by atoms with Crippen molar-refractivity contribution in [3.05, 3.63) is 23.8 Å². The molecule has 1 aliphatic rings. The van der Waals surface area contributed by atoms with Gasteiger partial charge in [0.2, 0.25) is 0 Å². The Morgan fingerprint density at radius 2 is 1.92 bits per heavy atom. The average Bonchev–Trinajstić information content (AvgIpc) is 2.42. The van der Waals surface area contributed by atoms with Gasteiger partial charge in [0.15, 0.2) is 0 Å². The van der Waals surface area contributed by atoms with E-state index >= 15 is 0 Å². The zero-order valence-corrected chi connectivity index (χ0v) is 9.89. The van der Waals surface area contributed by atoms with Gasteiger partial charge in [0.25, 0.3) is 0 Å².